The van der Waals surface area contributed by atoms with Crippen molar-refractivity contribution < 1.29 is 19.4 Å². The van der Waals surface area contributed by atoms with Crippen molar-refractivity contribution in [2.24, 2.45) is 7.05 Å². The summed E-state index contributed by atoms with van der Waals surface area (Å²) in [5.41, 5.74) is -0.193. The maximum Gasteiger partial charge on any atom is 0.358 e. The first-order valence-corrected chi connectivity index (χ1v) is 3.98. The maximum atomic E-state index is 11.1. The molecule has 0 fully saturated rings. The number of carbonyl (C=O) groups is 2. The first-order valence-electron chi connectivity index (χ1n) is 3.98. The fraction of sp³-hybridized carbons (Fsp3) is 0.375. The average Bonchev–Trinajstić information content (AvgIpc) is 2.48. The van der Waals surface area contributed by atoms with E-state index in [2.05, 4.69) is 9.84 Å². The number of ether oxygens (including phenoxy) is 1. The van der Waals surface area contributed by atoms with Crippen LogP contribution in [0, 0.1) is 0 Å². The highest BCUT2D eigenvalue weighted by atomic mass is 16.5. The molecule has 1 heterocycles. The zero-order chi connectivity index (χ0) is 10.7. The van der Waals surface area contributed by atoms with E-state index in [1.165, 1.54) is 7.05 Å². The normalized spacial score (nSPS) is 9.86. The van der Waals surface area contributed by atoms with E-state index in [1.54, 1.807) is 6.92 Å². The van der Waals surface area contributed by atoms with Gasteiger partial charge in [0.2, 0.25) is 0 Å². The predicted octanol–water partition coefficient (Wildman–Crippen LogP) is -1.04. The summed E-state index contributed by atoms with van der Waals surface area (Å²) in [5, 5.41) is 14.2. The predicted molar refractivity (Wildman–Crippen MR) is 43.5 cm³/mol. The Morgan fingerprint density at radius 1 is 1.64 bits per heavy atom. The van der Waals surface area contributed by atoms with E-state index in [0.717, 1.165) is 10.7 Å². The molecule has 0 N–H and O–H groups in total. The summed E-state index contributed by atoms with van der Waals surface area (Å²) in [6.45, 7) is 1.87. The fourth-order valence-electron chi connectivity index (χ4n) is 0.963. The number of nitrogens with zero attached hydrogens (tertiary/aromatic N) is 2. The van der Waals surface area contributed by atoms with Gasteiger partial charge in [0.1, 0.15) is 0 Å². The van der Waals surface area contributed by atoms with Gasteiger partial charge >= 0.3 is 5.97 Å². The van der Waals surface area contributed by atoms with Gasteiger partial charge in [0.25, 0.3) is 0 Å². The first-order chi connectivity index (χ1) is 6.56. The van der Waals surface area contributed by atoms with Crippen LogP contribution in [0.4, 0.5) is 0 Å². The van der Waals surface area contributed by atoms with Gasteiger partial charge in [0.05, 0.1) is 18.3 Å². The smallest absolute Gasteiger partial charge is 0.358 e. The fourth-order valence-corrected chi connectivity index (χ4v) is 0.963. The van der Waals surface area contributed by atoms with Crippen molar-refractivity contribution in [3.8, 4) is 0 Å². The largest absolute Gasteiger partial charge is 0.543 e. The summed E-state index contributed by atoms with van der Waals surface area (Å²) in [7, 11) is 1.41. The van der Waals surface area contributed by atoms with Crippen molar-refractivity contribution in [3.05, 3.63) is 17.5 Å². The molecule has 0 radical (unpaired) electrons. The van der Waals surface area contributed by atoms with Crippen LogP contribution >= 0.6 is 0 Å². The van der Waals surface area contributed by atoms with Crippen LogP contribution in [-0.2, 0) is 11.8 Å². The minimum Gasteiger partial charge on any atom is -0.543 e. The van der Waals surface area contributed by atoms with Crippen LogP contribution in [0.3, 0.4) is 0 Å². The topological polar surface area (TPSA) is 84.3 Å². The minimum absolute atomic E-state index is 0.0337. The minimum atomic E-state index is -1.38. The molecule has 0 unspecified atom stereocenters. The lowest BCUT2D eigenvalue weighted by atomic mass is 10.3. The van der Waals surface area contributed by atoms with Crippen LogP contribution in [-0.4, -0.2) is 28.3 Å². The van der Waals surface area contributed by atoms with Gasteiger partial charge in [-0.3, -0.25) is 4.68 Å². The molecule has 0 aliphatic rings. The van der Waals surface area contributed by atoms with E-state index >= 15 is 0 Å². The van der Waals surface area contributed by atoms with Gasteiger partial charge in [-0.15, -0.1) is 0 Å². The third-order valence-corrected chi connectivity index (χ3v) is 1.57. The van der Waals surface area contributed by atoms with Crippen molar-refractivity contribution in [1.29, 1.82) is 0 Å². The second-order valence-electron chi connectivity index (χ2n) is 2.55. The number of carboxylic acid groups (broad SMARTS) is 1. The number of esters is 1. The van der Waals surface area contributed by atoms with E-state index in [9.17, 15) is 14.7 Å². The van der Waals surface area contributed by atoms with Crippen molar-refractivity contribution in [1.82, 2.24) is 9.78 Å². The molecule has 0 aromatic carbocycles. The zero-order valence-corrected chi connectivity index (χ0v) is 7.81. The van der Waals surface area contributed by atoms with Gasteiger partial charge in [-0.05, 0) is 6.92 Å². The molecule has 0 amide bonds. The van der Waals surface area contributed by atoms with Gasteiger partial charge in [-0.25, -0.2) is 4.79 Å². The molecule has 0 atom stereocenters. The van der Waals surface area contributed by atoms with Crippen LogP contribution < -0.4 is 5.11 Å². The first kappa shape index (κ1) is 10.2. The maximum absolute atomic E-state index is 11.1. The van der Waals surface area contributed by atoms with Crippen molar-refractivity contribution in [2.45, 2.75) is 6.92 Å². The molecule has 0 aliphatic carbocycles. The molecule has 0 aliphatic heterocycles. The molecule has 1 aromatic heterocycles. The van der Waals surface area contributed by atoms with Crippen LogP contribution in [0.1, 0.15) is 27.9 Å². The second-order valence-corrected chi connectivity index (χ2v) is 2.55. The van der Waals surface area contributed by atoms with Crippen LogP contribution in [0.25, 0.3) is 0 Å². The van der Waals surface area contributed by atoms with Gasteiger partial charge in [0.15, 0.2) is 5.69 Å². The quantitative estimate of drug-likeness (QED) is 0.578. The van der Waals surface area contributed by atoms with Gasteiger partial charge in [0, 0.05) is 13.1 Å². The van der Waals surface area contributed by atoms with Gasteiger partial charge in [-0.2, -0.15) is 5.10 Å². The zero-order valence-electron chi connectivity index (χ0n) is 7.81. The molecule has 1 aromatic rings. The molecule has 6 heteroatoms. The summed E-state index contributed by atoms with van der Waals surface area (Å²) < 4.78 is 5.71. The van der Waals surface area contributed by atoms with Gasteiger partial charge in [-0.1, -0.05) is 0 Å². The third-order valence-electron chi connectivity index (χ3n) is 1.57. The lowest BCUT2D eigenvalue weighted by molar-refractivity contribution is -0.255. The third kappa shape index (κ3) is 1.90. The summed E-state index contributed by atoms with van der Waals surface area (Å²) in [6, 6.07) is 1.12. The molecule has 76 valence electrons. The number of hydrogen-bond donors (Lipinski definition) is 0. The van der Waals surface area contributed by atoms with E-state index in [1.807, 2.05) is 0 Å². The lowest BCUT2D eigenvalue weighted by Gasteiger charge is -1.99. The second kappa shape index (κ2) is 3.91. The molecule has 1 rings (SSSR count). The highest BCUT2D eigenvalue weighted by molar-refractivity contribution is 5.91. The Bertz CT molecular complexity index is 369. The molecule has 0 saturated heterocycles. The lowest BCUT2D eigenvalue weighted by Crippen LogP contribution is -2.24. The average molecular weight is 197 g/mol. The molecule has 0 bridgehead atoms. The van der Waals surface area contributed by atoms with Crippen LogP contribution in [0.15, 0.2) is 6.07 Å². The summed E-state index contributed by atoms with van der Waals surface area (Å²) in [4.78, 5) is 21.6. The van der Waals surface area contributed by atoms with Crippen LogP contribution in [0.5, 0.6) is 0 Å². The summed E-state index contributed by atoms with van der Waals surface area (Å²) in [6.07, 6.45) is 0. The molecule has 0 spiro atoms. The number of hydrogen-bond acceptors (Lipinski definition) is 5. The molecule has 6 nitrogen and oxygen atoms in total. The van der Waals surface area contributed by atoms with Crippen LogP contribution in [0.2, 0.25) is 0 Å². The molecular weight excluding hydrogens is 188 g/mol. The monoisotopic (exact) mass is 197 g/mol. The Morgan fingerprint density at radius 3 is 2.71 bits per heavy atom. The Balaban J connectivity index is 2.96. The van der Waals surface area contributed by atoms with E-state index in [4.69, 9.17) is 0 Å². The Kier molecular flexibility index (Phi) is 2.85. The van der Waals surface area contributed by atoms with Crippen molar-refractivity contribution in [3.63, 3.8) is 0 Å². The van der Waals surface area contributed by atoms with Crippen molar-refractivity contribution >= 4 is 11.9 Å². The standard InChI is InChI=1S/C8H10N2O4/c1-3-14-8(13)5-4-6(7(11)12)10(2)9-5/h4H,3H2,1-2H3,(H,11,12)/p-1. The Hall–Kier alpha value is -1.85. The molecule has 14 heavy (non-hydrogen) atoms. The number of aromatic nitrogens is 2. The number of aryl methyl sites for hydroxylation is 1. The number of carboxylic acids is 1. The Morgan fingerprint density at radius 2 is 2.29 bits per heavy atom. The van der Waals surface area contributed by atoms with E-state index < -0.39 is 11.9 Å². The summed E-state index contributed by atoms with van der Waals surface area (Å²) in [5.74, 6) is -2.02. The molecular formula is C8H9N2O4-. The highest BCUT2D eigenvalue weighted by Gasteiger charge is 2.13. The SMILES string of the molecule is CCOC(=O)c1cc(C(=O)[O-])n(C)n1. The van der Waals surface area contributed by atoms with Crippen molar-refractivity contribution in [2.75, 3.05) is 6.61 Å². The summed E-state index contributed by atoms with van der Waals surface area (Å²) >= 11 is 0. The Labute approximate surface area is 80.1 Å². The number of rotatable bonds is 3. The number of aromatic carboxylic acids is 1. The van der Waals surface area contributed by atoms with E-state index in [-0.39, 0.29) is 18.0 Å². The van der Waals surface area contributed by atoms with Gasteiger partial charge < -0.3 is 14.6 Å². The number of carbonyl (C=O) groups excluding carboxylic acids is 2. The van der Waals surface area contributed by atoms with E-state index in [0.29, 0.717) is 0 Å². The molecule has 0 saturated carbocycles. The highest BCUT2D eigenvalue weighted by Crippen LogP contribution is 2.03.